The van der Waals surface area contributed by atoms with E-state index in [0.717, 1.165) is 21.6 Å². The van der Waals surface area contributed by atoms with E-state index in [0.29, 0.717) is 16.0 Å². The summed E-state index contributed by atoms with van der Waals surface area (Å²) in [6.45, 7) is 7.29. The number of fused-ring (bicyclic) bond motifs is 1. The lowest BCUT2D eigenvalue weighted by molar-refractivity contribution is -0.140. The topological polar surface area (TPSA) is 72.2 Å². The molecule has 0 amide bonds. The van der Waals surface area contributed by atoms with E-state index in [1.165, 1.54) is 22.8 Å². The Labute approximate surface area is 143 Å². The number of hydrogen-bond acceptors (Lipinski definition) is 4. The van der Waals surface area contributed by atoms with Crippen LogP contribution in [0.15, 0.2) is 29.1 Å². The smallest absolute Gasteiger partial charge is 0.326 e. The molecule has 6 heteroatoms. The molecule has 0 saturated carbocycles. The SMILES string of the molecule is Cc1ccc(-c2nc3sc(C)c(C)c3c(=O)n2C(C)C(=O)O)cc1. The summed E-state index contributed by atoms with van der Waals surface area (Å²) in [7, 11) is 0. The van der Waals surface area contributed by atoms with Crippen molar-refractivity contribution < 1.29 is 9.90 Å². The van der Waals surface area contributed by atoms with Crippen molar-refractivity contribution in [3.63, 3.8) is 0 Å². The predicted octanol–water partition coefficient (Wildman–Crippen LogP) is 3.70. The van der Waals surface area contributed by atoms with Crippen molar-refractivity contribution in [3.05, 3.63) is 50.6 Å². The Kier molecular flexibility index (Phi) is 4.01. The summed E-state index contributed by atoms with van der Waals surface area (Å²) in [5, 5.41) is 9.95. The Morgan fingerprint density at radius 2 is 1.83 bits per heavy atom. The minimum absolute atomic E-state index is 0.299. The molecule has 0 fully saturated rings. The Morgan fingerprint density at radius 3 is 2.42 bits per heavy atom. The molecule has 0 spiro atoms. The lowest BCUT2D eigenvalue weighted by Gasteiger charge is -2.16. The van der Waals surface area contributed by atoms with Crippen LogP contribution in [0.4, 0.5) is 0 Å². The van der Waals surface area contributed by atoms with Crippen molar-refractivity contribution in [2.45, 2.75) is 33.7 Å². The summed E-state index contributed by atoms with van der Waals surface area (Å²) < 4.78 is 1.29. The zero-order chi connectivity index (χ0) is 17.6. The number of aryl methyl sites for hydroxylation is 3. The molecule has 2 heterocycles. The van der Waals surface area contributed by atoms with Crippen molar-refractivity contribution in [2.75, 3.05) is 0 Å². The van der Waals surface area contributed by atoms with Gasteiger partial charge in [0.15, 0.2) is 0 Å². The second kappa shape index (κ2) is 5.87. The molecule has 0 aliphatic rings. The van der Waals surface area contributed by atoms with Crippen molar-refractivity contribution in [1.29, 1.82) is 0 Å². The van der Waals surface area contributed by atoms with Crippen LogP contribution in [0.2, 0.25) is 0 Å². The summed E-state index contributed by atoms with van der Waals surface area (Å²) in [6.07, 6.45) is 0. The molecule has 24 heavy (non-hydrogen) atoms. The molecule has 1 N–H and O–H groups in total. The van der Waals surface area contributed by atoms with Crippen molar-refractivity contribution in [2.24, 2.45) is 0 Å². The van der Waals surface area contributed by atoms with E-state index in [2.05, 4.69) is 4.98 Å². The van der Waals surface area contributed by atoms with E-state index < -0.39 is 12.0 Å². The normalized spacial score (nSPS) is 12.5. The molecule has 2 aromatic heterocycles. The van der Waals surface area contributed by atoms with Crippen LogP contribution in [0, 0.1) is 20.8 Å². The number of carbonyl (C=O) groups is 1. The first-order chi connectivity index (χ1) is 11.3. The van der Waals surface area contributed by atoms with Crippen LogP contribution in [0.5, 0.6) is 0 Å². The number of benzene rings is 1. The minimum atomic E-state index is -1.06. The lowest BCUT2D eigenvalue weighted by atomic mass is 10.1. The third-order valence-corrected chi connectivity index (χ3v) is 5.39. The summed E-state index contributed by atoms with van der Waals surface area (Å²) >= 11 is 1.46. The van der Waals surface area contributed by atoms with Gasteiger partial charge < -0.3 is 5.11 Å². The quantitative estimate of drug-likeness (QED) is 0.788. The van der Waals surface area contributed by atoms with Gasteiger partial charge in [-0.2, -0.15) is 0 Å². The second-order valence-electron chi connectivity index (χ2n) is 5.95. The van der Waals surface area contributed by atoms with Gasteiger partial charge in [-0.3, -0.25) is 9.36 Å². The maximum atomic E-state index is 13.0. The van der Waals surface area contributed by atoms with E-state index in [-0.39, 0.29) is 5.56 Å². The standard InChI is InChI=1S/C18H18N2O3S/c1-9-5-7-13(8-6-9)15-19-16-14(10(2)12(4)24-16)17(21)20(15)11(3)18(22)23/h5-8,11H,1-4H3,(H,22,23). The van der Waals surface area contributed by atoms with Gasteiger partial charge in [-0.25, -0.2) is 9.78 Å². The number of aliphatic carboxylic acids is 1. The zero-order valence-corrected chi connectivity index (χ0v) is 14.8. The van der Waals surface area contributed by atoms with Gasteiger partial charge in [-0.05, 0) is 33.3 Å². The highest BCUT2D eigenvalue weighted by Gasteiger charge is 2.24. The maximum Gasteiger partial charge on any atom is 0.326 e. The first kappa shape index (κ1) is 16.4. The Hall–Kier alpha value is -2.47. The lowest BCUT2D eigenvalue weighted by Crippen LogP contribution is -2.30. The Balaban J connectivity index is 2.42. The number of aromatic nitrogens is 2. The third-order valence-electron chi connectivity index (χ3n) is 4.29. The molecule has 0 aliphatic heterocycles. The van der Waals surface area contributed by atoms with E-state index in [4.69, 9.17) is 0 Å². The first-order valence-electron chi connectivity index (χ1n) is 7.63. The number of nitrogens with zero attached hydrogens (tertiary/aromatic N) is 2. The van der Waals surface area contributed by atoms with Gasteiger partial charge in [0.25, 0.3) is 5.56 Å². The molecule has 0 saturated heterocycles. The molecular weight excluding hydrogens is 324 g/mol. The van der Waals surface area contributed by atoms with E-state index >= 15 is 0 Å². The van der Waals surface area contributed by atoms with Gasteiger partial charge in [-0.1, -0.05) is 29.8 Å². The molecule has 0 radical (unpaired) electrons. The van der Waals surface area contributed by atoms with Gasteiger partial charge in [0.05, 0.1) is 5.39 Å². The highest BCUT2D eigenvalue weighted by Crippen LogP contribution is 2.29. The average Bonchev–Trinajstić information content (AvgIpc) is 2.82. The molecule has 1 atom stereocenters. The Morgan fingerprint density at radius 1 is 1.21 bits per heavy atom. The van der Waals surface area contributed by atoms with Crippen molar-refractivity contribution in [3.8, 4) is 11.4 Å². The molecule has 1 aromatic carbocycles. The van der Waals surface area contributed by atoms with Crippen LogP contribution in [0.25, 0.3) is 21.6 Å². The fourth-order valence-corrected chi connectivity index (χ4v) is 3.70. The van der Waals surface area contributed by atoms with Crippen LogP contribution in [0.1, 0.15) is 29.0 Å². The van der Waals surface area contributed by atoms with Crippen molar-refractivity contribution >= 4 is 27.5 Å². The molecule has 3 rings (SSSR count). The van der Waals surface area contributed by atoms with Crippen LogP contribution in [-0.4, -0.2) is 20.6 Å². The number of carboxylic acids is 1. The molecule has 3 aromatic rings. The highest BCUT2D eigenvalue weighted by atomic mass is 32.1. The van der Waals surface area contributed by atoms with Gasteiger partial charge in [0.1, 0.15) is 16.7 Å². The summed E-state index contributed by atoms with van der Waals surface area (Å²) in [5.41, 5.74) is 2.39. The van der Waals surface area contributed by atoms with E-state index in [1.807, 2.05) is 45.0 Å². The van der Waals surface area contributed by atoms with Crippen LogP contribution >= 0.6 is 11.3 Å². The third kappa shape index (κ3) is 2.53. The van der Waals surface area contributed by atoms with E-state index in [1.54, 1.807) is 0 Å². The van der Waals surface area contributed by atoms with Crippen LogP contribution < -0.4 is 5.56 Å². The maximum absolute atomic E-state index is 13.0. The first-order valence-corrected chi connectivity index (χ1v) is 8.45. The molecule has 1 unspecified atom stereocenters. The van der Waals surface area contributed by atoms with Crippen LogP contribution in [-0.2, 0) is 4.79 Å². The number of thiophene rings is 1. The molecule has 5 nitrogen and oxygen atoms in total. The zero-order valence-electron chi connectivity index (χ0n) is 14.0. The monoisotopic (exact) mass is 342 g/mol. The number of hydrogen-bond donors (Lipinski definition) is 1. The molecule has 0 aliphatic carbocycles. The summed E-state index contributed by atoms with van der Waals surface area (Å²) in [6, 6.07) is 6.58. The van der Waals surface area contributed by atoms with Gasteiger partial charge in [0, 0.05) is 10.4 Å². The fraction of sp³-hybridized carbons (Fsp3) is 0.278. The molecule has 124 valence electrons. The highest BCUT2D eigenvalue weighted by molar-refractivity contribution is 7.18. The number of carboxylic acid groups (broad SMARTS) is 1. The Bertz CT molecular complexity index is 1000. The molecular formula is C18H18N2O3S. The van der Waals surface area contributed by atoms with Crippen molar-refractivity contribution in [1.82, 2.24) is 9.55 Å². The van der Waals surface area contributed by atoms with Crippen LogP contribution in [0.3, 0.4) is 0 Å². The van der Waals surface area contributed by atoms with Gasteiger partial charge in [-0.15, -0.1) is 11.3 Å². The largest absolute Gasteiger partial charge is 0.480 e. The van der Waals surface area contributed by atoms with Gasteiger partial charge in [0.2, 0.25) is 0 Å². The fourth-order valence-electron chi connectivity index (χ4n) is 2.68. The van der Waals surface area contributed by atoms with E-state index in [9.17, 15) is 14.7 Å². The molecule has 0 bridgehead atoms. The average molecular weight is 342 g/mol. The minimum Gasteiger partial charge on any atom is -0.480 e. The second-order valence-corrected chi connectivity index (χ2v) is 7.16. The summed E-state index contributed by atoms with van der Waals surface area (Å²) in [5.74, 6) is -0.667. The summed E-state index contributed by atoms with van der Waals surface area (Å²) in [4.78, 5) is 30.9. The van der Waals surface area contributed by atoms with Gasteiger partial charge >= 0.3 is 5.97 Å². The predicted molar refractivity (Wildman–Crippen MR) is 95.9 cm³/mol. The number of rotatable bonds is 3.